The summed E-state index contributed by atoms with van der Waals surface area (Å²) in [4.78, 5) is 11.6. The summed E-state index contributed by atoms with van der Waals surface area (Å²) in [5.74, 6) is -0.837. The highest BCUT2D eigenvalue weighted by atomic mass is 127. The maximum absolute atomic E-state index is 13.4. The standard InChI is InChI=1S/C10H10FIN2O/c1-10(2)7-5(12)3-4(11)8(13)6(7)9(15)14-10/h3H,13H2,1-2H3,(H,14,15). The van der Waals surface area contributed by atoms with E-state index in [2.05, 4.69) is 5.32 Å². The molecule has 2 rings (SSSR count). The lowest BCUT2D eigenvalue weighted by Crippen LogP contribution is -2.33. The Hall–Kier alpha value is -0.850. The van der Waals surface area contributed by atoms with Crippen LogP contribution in [-0.2, 0) is 5.54 Å². The number of nitrogen functional groups attached to an aromatic ring is 1. The van der Waals surface area contributed by atoms with Crippen LogP contribution in [0.15, 0.2) is 6.07 Å². The average Bonchev–Trinajstić information content (AvgIpc) is 2.32. The van der Waals surface area contributed by atoms with Crippen LogP contribution in [0.3, 0.4) is 0 Å². The van der Waals surface area contributed by atoms with Crippen LogP contribution in [0.1, 0.15) is 29.8 Å². The molecule has 0 radical (unpaired) electrons. The Balaban J connectivity index is 2.84. The van der Waals surface area contributed by atoms with E-state index in [-0.39, 0.29) is 17.2 Å². The van der Waals surface area contributed by atoms with Crippen LogP contribution in [0.5, 0.6) is 0 Å². The van der Waals surface area contributed by atoms with Crippen LogP contribution < -0.4 is 11.1 Å². The van der Waals surface area contributed by atoms with E-state index in [1.54, 1.807) is 0 Å². The average molecular weight is 320 g/mol. The molecule has 0 spiro atoms. The number of benzene rings is 1. The Morgan fingerprint density at radius 1 is 1.53 bits per heavy atom. The third kappa shape index (κ3) is 1.40. The smallest absolute Gasteiger partial charge is 0.254 e. The molecule has 0 aliphatic carbocycles. The molecule has 1 aromatic carbocycles. The minimum Gasteiger partial charge on any atom is -0.396 e. The molecule has 3 nitrogen and oxygen atoms in total. The second kappa shape index (κ2) is 3.07. The van der Waals surface area contributed by atoms with Crippen molar-refractivity contribution in [2.24, 2.45) is 0 Å². The molecular weight excluding hydrogens is 310 g/mol. The van der Waals surface area contributed by atoms with Crippen molar-refractivity contribution in [1.82, 2.24) is 5.32 Å². The van der Waals surface area contributed by atoms with Gasteiger partial charge in [0.05, 0.1) is 16.8 Å². The molecule has 1 heterocycles. The fourth-order valence-corrected chi connectivity index (χ4v) is 3.11. The van der Waals surface area contributed by atoms with Crippen molar-refractivity contribution in [2.75, 3.05) is 5.73 Å². The zero-order chi connectivity index (χ0) is 11.4. The molecule has 3 N–H and O–H groups in total. The Morgan fingerprint density at radius 3 is 2.73 bits per heavy atom. The van der Waals surface area contributed by atoms with Crippen molar-refractivity contribution in [3.8, 4) is 0 Å². The van der Waals surface area contributed by atoms with Gasteiger partial charge in [0.15, 0.2) is 0 Å². The third-order valence-electron chi connectivity index (χ3n) is 2.55. The molecule has 0 atom stereocenters. The molecule has 0 saturated carbocycles. The minimum atomic E-state index is -0.536. The Morgan fingerprint density at radius 2 is 2.13 bits per heavy atom. The molecule has 15 heavy (non-hydrogen) atoms. The lowest BCUT2D eigenvalue weighted by Gasteiger charge is -2.20. The Bertz CT molecular complexity index is 471. The van der Waals surface area contributed by atoms with E-state index in [0.29, 0.717) is 0 Å². The predicted octanol–water partition coefficient (Wildman–Crippen LogP) is 1.99. The predicted molar refractivity (Wildman–Crippen MR) is 64.0 cm³/mol. The number of carbonyl (C=O) groups is 1. The van der Waals surface area contributed by atoms with Gasteiger partial charge < -0.3 is 11.1 Å². The molecule has 0 aromatic heterocycles. The molecule has 1 aliphatic heterocycles. The van der Waals surface area contributed by atoms with Gasteiger partial charge in [-0.2, -0.15) is 0 Å². The van der Waals surface area contributed by atoms with E-state index in [0.717, 1.165) is 9.13 Å². The third-order valence-corrected chi connectivity index (χ3v) is 3.40. The SMILES string of the molecule is CC1(C)NC(=O)c2c(N)c(F)cc(I)c21. The normalized spacial score (nSPS) is 17.5. The van der Waals surface area contributed by atoms with E-state index in [1.807, 2.05) is 36.4 Å². The molecule has 1 aliphatic rings. The summed E-state index contributed by atoms with van der Waals surface area (Å²) in [5, 5.41) is 2.78. The number of nitrogens with one attached hydrogen (secondary N) is 1. The highest BCUT2D eigenvalue weighted by Crippen LogP contribution is 2.38. The van der Waals surface area contributed by atoms with Crippen molar-refractivity contribution in [3.05, 3.63) is 26.6 Å². The van der Waals surface area contributed by atoms with E-state index in [1.165, 1.54) is 6.07 Å². The number of amides is 1. The molecule has 0 unspecified atom stereocenters. The summed E-state index contributed by atoms with van der Waals surface area (Å²) >= 11 is 2.02. The van der Waals surface area contributed by atoms with Gasteiger partial charge in [0, 0.05) is 9.13 Å². The number of halogens is 2. The molecule has 1 aromatic rings. The van der Waals surface area contributed by atoms with Gasteiger partial charge in [-0.15, -0.1) is 0 Å². The number of hydrogen-bond donors (Lipinski definition) is 2. The van der Waals surface area contributed by atoms with E-state index >= 15 is 0 Å². The van der Waals surface area contributed by atoms with Crippen LogP contribution in [0.25, 0.3) is 0 Å². The molecule has 80 valence electrons. The molecule has 5 heteroatoms. The Labute approximate surface area is 100 Å². The second-order valence-electron chi connectivity index (χ2n) is 4.08. The van der Waals surface area contributed by atoms with E-state index < -0.39 is 11.4 Å². The first-order valence-electron chi connectivity index (χ1n) is 4.45. The van der Waals surface area contributed by atoms with Gasteiger partial charge >= 0.3 is 0 Å². The molecule has 0 bridgehead atoms. The quantitative estimate of drug-likeness (QED) is 0.567. The summed E-state index contributed by atoms with van der Waals surface area (Å²) in [6, 6.07) is 1.36. The first kappa shape index (κ1) is 10.7. The van der Waals surface area contributed by atoms with Gasteiger partial charge in [-0.3, -0.25) is 4.79 Å². The minimum absolute atomic E-state index is 0.0616. The topological polar surface area (TPSA) is 55.1 Å². The Kier molecular flexibility index (Phi) is 2.18. The maximum Gasteiger partial charge on any atom is 0.254 e. The number of anilines is 1. The number of rotatable bonds is 0. The van der Waals surface area contributed by atoms with Gasteiger partial charge in [-0.25, -0.2) is 4.39 Å². The summed E-state index contributed by atoms with van der Waals surface area (Å²) in [7, 11) is 0. The first-order chi connectivity index (χ1) is 6.84. The van der Waals surface area contributed by atoms with Crippen molar-refractivity contribution in [3.63, 3.8) is 0 Å². The summed E-state index contributed by atoms with van der Waals surface area (Å²) in [6.07, 6.45) is 0. The number of carbonyl (C=O) groups excluding carboxylic acids is 1. The van der Waals surface area contributed by atoms with Crippen LogP contribution >= 0.6 is 22.6 Å². The number of hydrogen-bond acceptors (Lipinski definition) is 2. The monoisotopic (exact) mass is 320 g/mol. The van der Waals surface area contributed by atoms with Crippen molar-refractivity contribution < 1.29 is 9.18 Å². The molecule has 0 fully saturated rings. The van der Waals surface area contributed by atoms with Gasteiger partial charge in [0.1, 0.15) is 5.82 Å². The molecule has 0 saturated heterocycles. The number of nitrogens with two attached hydrogens (primary N) is 1. The van der Waals surface area contributed by atoms with E-state index in [9.17, 15) is 9.18 Å². The highest BCUT2D eigenvalue weighted by Gasteiger charge is 2.39. The zero-order valence-electron chi connectivity index (χ0n) is 8.32. The van der Waals surface area contributed by atoms with Gasteiger partial charge in [0.2, 0.25) is 0 Å². The number of fused-ring (bicyclic) bond motifs is 1. The fourth-order valence-electron chi connectivity index (χ4n) is 1.89. The van der Waals surface area contributed by atoms with Crippen molar-refractivity contribution in [2.45, 2.75) is 19.4 Å². The summed E-state index contributed by atoms with van der Waals surface area (Å²) < 4.78 is 14.1. The van der Waals surface area contributed by atoms with Gasteiger partial charge in [-0.05, 0) is 42.5 Å². The van der Waals surface area contributed by atoms with E-state index in [4.69, 9.17) is 5.73 Å². The molecular formula is C10H10FIN2O. The lowest BCUT2D eigenvalue weighted by molar-refractivity contribution is 0.0940. The van der Waals surface area contributed by atoms with Crippen LogP contribution in [-0.4, -0.2) is 5.91 Å². The van der Waals surface area contributed by atoms with Crippen LogP contribution in [0.2, 0.25) is 0 Å². The first-order valence-corrected chi connectivity index (χ1v) is 5.53. The van der Waals surface area contributed by atoms with Crippen molar-refractivity contribution in [1.29, 1.82) is 0 Å². The lowest BCUT2D eigenvalue weighted by atomic mass is 9.94. The zero-order valence-corrected chi connectivity index (χ0v) is 10.5. The second-order valence-corrected chi connectivity index (χ2v) is 5.25. The highest BCUT2D eigenvalue weighted by molar-refractivity contribution is 14.1. The van der Waals surface area contributed by atoms with Crippen LogP contribution in [0, 0.1) is 9.39 Å². The summed E-state index contributed by atoms with van der Waals surface area (Å²) in [6.45, 7) is 3.74. The summed E-state index contributed by atoms with van der Waals surface area (Å²) in [5.41, 5.74) is 6.10. The van der Waals surface area contributed by atoms with Crippen LogP contribution in [0.4, 0.5) is 10.1 Å². The largest absolute Gasteiger partial charge is 0.396 e. The maximum atomic E-state index is 13.4. The van der Waals surface area contributed by atoms with Gasteiger partial charge in [-0.1, -0.05) is 0 Å². The van der Waals surface area contributed by atoms with Crippen molar-refractivity contribution >= 4 is 34.2 Å². The van der Waals surface area contributed by atoms with Gasteiger partial charge in [0.25, 0.3) is 5.91 Å². The fraction of sp³-hybridized carbons (Fsp3) is 0.300. The molecule has 1 amide bonds.